The summed E-state index contributed by atoms with van der Waals surface area (Å²) in [5, 5.41) is -0.208. The SMILES string of the molecule is CC(C)(C)c1ccc(CC(=O)N2CCC(c3ccccc3Cl)S(=O)(=O)CC2)cc1. The molecule has 0 saturated carbocycles. The highest BCUT2D eigenvalue weighted by Gasteiger charge is 2.33. The van der Waals surface area contributed by atoms with Crippen LogP contribution in [0.15, 0.2) is 48.5 Å². The third kappa shape index (κ3) is 5.20. The van der Waals surface area contributed by atoms with E-state index >= 15 is 0 Å². The summed E-state index contributed by atoms with van der Waals surface area (Å²) in [4.78, 5) is 14.5. The lowest BCUT2D eigenvalue weighted by Gasteiger charge is -2.21. The molecule has 1 aliphatic rings. The Labute approximate surface area is 178 Å². The van der Waals surface area contributed by atoms with Gasteiger partial charge in [-0.15, -0.1) is 0 Å². The van der Waals surface area contributed by atoms with E-state index in [-0.39, 0.29) is 30.0 Å². The van der Waals surface area contributed by atoms with E-state index in [1.54, 1.807) is 29.2 Å². The fourth-order valence-electron chi connectivity index (χ4n) is 3.69. The summed E-state index contributed by atoms with van der Waals surface area (Å²) >= 11 is 6.24. The lowest BCUT2D eigenvalue weighted by Crippen LogP contribution is -2.34. The molecule has 156 valence electrons. The van der Waals surface area contributed by atoms with Crippen molar-refractivity contribution in [3.8, 4) is 0 Å². The van der Waals surface area contributed by atoms with Gasteiger partial charge in [-0.2, -0.15) is 0 Å². The van der Waals surface area contributed by atoms with Crippen LogP contribution >= 0.6 is 11.6 Å². The molecule has 1 fully saturated rings. The van der Waals surface area contributed by atoms with Gasteiger partial charge in [0, 0.05) is 18.1 Å². The van der Waals surface area contributed by atoms with Gasteiger partial charge < -0.3 is 4.90 Å². The van der Waals surface area contributed by atoms with Crippen molar-refractivity contribution >= 4 is 27.3 Å². The highest BCUT2D eigenvalue weighted by molar-refractivity contribution is 7.91. The van der Waals surface area contributed by atoms with Crippen molar-refractivity contribution in [3.05, 3.63) is 70.2 Å². The van der Waals surface area contributed by atoms with Crippen LogP contribution in [0.25, 0.3) is 0 Å². The summed E-state index contributed by atoms with van der Waals surface area (Å²) in [5.41, 5.74) is 2.85. The van der Waals surface area contributed by atoms with Crippen LogP contribution in [-0.4, -0.2) is 38.1 Å². The van der Waals surface area contributed by atoms with Crippen LogP contribution in [0.1, 0.15) is 49.1 Å². The average Bonchev–Trinajstić information content (AvgIpc) is 2.80. The predicted molar refractivity (Wildman–Crippen MR) is 118 cm³/mol. The van der Waals surface area contributed by atoms with E-state index in [0.717, 1.165) is 5.56 Å². The first-order valence-electron chi connectivity index (χ1n) is 9.91. The number of hydrogen-bond donors (Lipinski definition) is 0. The number of nitrogens with zero attached hydrogens (tertiary/aromatic N) is 1. The maximum absolute atomic E-state index is 12.8. The normalized spacial score (nSPS) is 19.6. The zero-order valence-electron chi connectivity index (χ0n) is 17.2. The molecule has 2 aromatic rings. The number of carbonyl (C=O) groups excluding carboxylic acids is 1. The minimum atomic E-state index is -3.38. The molecule has 0 aliphatic carbocycles. The van der Waals surface area contributed by atoms with Crippen molar-refractivity contribution in [3.63, 3.8) is 0 Å². The van der Waals surface area contributed by atoms with Crippen LogP contribution < -0.4 is 0 Å². The van der Waals surface area contributed by atoms with Crippen LogP contribution in [0.3, 0.4) is 0 Å². The van der Waals surface area contributed by atoms with Crippen LogP contribution in [0.2, 0.25) is 5.02 Å². The van der Waals surface area contributed by atoms with Gasteiger partial charge in [0.1, 0.15) is 0 Å². The van der Waals surface area contributed by atoms with E-state index in [0.29, 0.717) is 23.6 Å². The minimum absolute atomic E-state index is 0.0384. The van der Waals surface area contributed by atoms with Gasteiger partial charge in [0.05, 0.1) is 17.4 Å². The van der Waals surface area contributed by atoms with Gasteiger partial charge in [-0.3, -0.25) is 4.79 Å². The van der Waals surface area contributed by atoms with Crippen LogP contribution in [0.4, 0.5) is 0 Å². The fourth-order valence-corrected chi connectivity index (χ4v) is 5.84. The number of halogens is 1. The Morgan fingerprint density at radius 3 is 2.34 bits per heavy atom. The summed E-state index contributed by atoms with van der Waals surface area (Å²) in [7, 11) is -3.38. The molecule has 6 heteroatoms. The Kier molecular flexibility index (Phi) is 6.39. The minimum Gasteiger partial charge on any atom is -0.341 e. The first kappa shape index (κ1) is 21.8. The molecular formula is C23H28ClNO3S. The van der Waals surface area contributed by atoms with E-state index in [1.165, 1.54) is 5.56 Å². The monoisotopic (exact) mass is 433 g/mol. The summed E-state index contributed by atoms with van der Waals surface area (Å²) in [5.74, 6) is -0.0825. The molecule has 1 unspecified atom stereocenters. The number of carbonyl (C=O) groups is 1. The largest absolute Gasteiger partial charge is 0.341 e. The molecule has 0 spiro atoms. The third-order valence-electron chi connectivity index (χ3n) is 5.52. The average molecular weight is 434 g/mol. The van der Waals surface area contributed by atoms with Gasteiger partial charge in [0.15, 0.2) is 9.84 Å². The van der Waals surface area contributed by atoms with E-state index < -0.39 is 15.1 Å². The van der Waals surface area contributed by atoms with Crippen LogP contribution in [0, 0.1) is 0 Å². The number of benzene rings is 2. The summed E-state index contributed by atoms with van der Waals surface area (Å²) < 4.78 is 25.6. The fraction of sp³-hybridized carbons (Fsp3) is 0.435. The van der Waals surface area contributed by atoms with Gasteiger partial charge >= 0.3 is 0 Å². The number of sulfone groups is 1. The lowest BCUT2D eigenvalue weighted by atomic mass is 9.86. The first-order valence-corrected chi connectivity index (χ1v) is 12.0. The van der Waals surface area contributed by atoms with Gasteiger partial charge in [0.25, 0.3) is 0 Å². The molecule has 0 aromatic heterocycles. The Bertz CT molecular complexity index is 978. The van der Waals surface area contributed by atoms with Gasteiger partial charge in [-0.25, -0.2) is 8.42 Å². The lowest BCUT2D eigenvalue weighted by molar-refractivity contribution is -0.130. The first-order chi connectivity index (χ1) is 13.6. The van der Waals surface area contributed by atoms with Crippen molar-refractivity contribution in [1.82, 2.24) is 4.90 Å². The van der Waals surface area contributed by atoms with Gasteiger partial charge in [-0.1, -0.05) is 74.8 Å². The second-order valence-electron chi connectivity index (χ2n) is 8.67. The molecule has 29 heavy (non-hydrogen) atoms. The Balaban J connectivity index is 1.71. The van der Waals surface area contributed by atoms with E-state index in [1.807, 2.05) is 12.1 Å². The molecule has 0 bridgehead atoms. The smallest absolute Gasteiger partial charge is 0.227 e. The van der Waals surface area contributed by atoms with E-state index in [4.69, 9.17) is 11.6 Å². The zero-order chi connectivity index (χ0) is 21.2. The molecule has 1 saturated heterocycles. The number of hydrogen-bond acceptors (Lipinski definition) is 3. The summed E-state index contributed by atoms with van der Waals surface area (Å²) in [6.45, 7) is 7.09. The quantitative estimate of drug-likeness (QED) is 0.712. The molecule has 0 radical (unpaired) electrons. The van der Waals surface area contributed by atoms with E-state index in [9.17, 15) is 13.2 Å². The van der Waals surface area contributed by atoms with Gasteiger partial charge in [-0.05, 0) is 34.6 Å². The Morgan fingerprint density at radius 1 is 1.07 bits per heavy atom. The molecule has 1 atom stereocenters. The van der Waals surface area contributed by atoms with Crippen LogP contribution in [0.5, 0.6) is 0 Å². The molecule has 2 aromatic carbocycles. The van der Waals surface area contributed by atoms with Gasteiger partial charge in [0.2, 0.25) is 5.91 Å². The van der Waals surface area contributed by atoms with Crippen molar-refractivity contribution in [2.45, 2.75) is 44.3 Å². The maximum atomic E-state index is 12.8. The highest BCUT2D eigenvalue weighted by atomic mass is 35.5. The number of rotatable bonds is 3. The Hall–Kier alpha value is -1.85. The molecule has 3 rings (SSSR count). The molecule has 0 N–H and O–H groups in total. The van der Waals surface area contributed by atoms with E-state index in [2.05, 4.69) is 32.9 Å². The van der Waals surface area contributed by atoms with Crippen molar-refractivity contribution in [1.29, 1.82) is 0 Å². The highest BCUT2D eigenvalue weighted by Crippen LogP contribution is 2.34. The third-order valence-corrected chi connectivity index (χ3v) is 7.97. The number of amides is 1. The molecule has 4 nitrogen and oxygen atoms in total. The van der Waals surface area contributed by atoms with Crippen molar-refractivity contribution in [2.24, 2.45) is 0 Å². The zero-order valence-corrected chi connectivity index (χ0v) is 18.8. The molecular weight excluding hydrogens is 406 g/mol. The van der Waals surface area contributed by atoms with Crippen molar-refractivity contribution < 1.29 is 13.2 Å². The predicted octanol–water partition coefficient (Wildman–Crippen LogP) is 4.57. The second kappa shape index (κ2) is 8.49. The second-order valence-corrected chi connectivity index (χ2v) is 11.4. The molecule has 1 amide bonds. The van der Waals surface area contributed by atoms with Crippen LogP contribution in [-0.2, 0) is 26.5 Å². The molecule has 1 aliphatic heterocycles. The summed E-state index contributed by atoms with van der Waals surface area (Å²) in [6.07, 6.45) is 0.641. The summed E-state index contributed by atoms with van der Waals surface area (Å²) in [6, 6.07) is 15.1. The maximum Gasteiger partial charge on any atom is 0.227 e. The molecule has 1 heterocycles. The Morgan fingerprint density at radius 2 is 1.72 bits per heavy atom. The van der Waals surface area contributed by atoms with Crippen molar-refractivity contribution in [2.75, 3.05) is 18.8 Å². The standard InChI is InChI=1S/C23H28ClNO3S/c1-23(2,3)18-10-8-17(9-11-18)16-22(26)25-13-12-21(29(27,28)15-14-25)19-6-4-5-7-20(19)24/h4-11,21H,12-16H2,1-3H3. The topological polar surface area (TPSA) is 54.5 Å².